The molecule has 228 valence electrons. The van der Waals surface area contributed by atoms with Crippen molar-refractivity contribution in [2.24, 2.45) is 11.7 Å². The molecule has 0 radical (unpaired) electrons. The van der Waals surface area contributed by atoms with E-state index < -0.39 is 35.1 Å². The number of rotatable bonds is 8. The molecule has 0 atom stereocenters. The van der Waals surface area contributed by atoms with Crippen LogP contribution in [0.5, 0.6) is 17.2 Å². The SMILES string of the molecule is Cc1cn(-c2cc(C(N)=O)cc(OC(=O)c3cccc4cc(Oc5ccnc(NC(=O)C6CC6)c5)ccc34)c2C(F)(F)F)cn1. The summed E-state index contributed by atoms with van der Waals surface area (Å²) in [6.45, 7) is 1.59. The number of carbonyl (C=O) groups is 3. The smallest absolute Gasteiger partial charge is 0.422 e. The van der Waals surface area contributed by atoms with E-state index in [0.29, 0.717) is 33.8 Å². The molecular formula is C32H24F3N5O5. The Labute approximate surface area is 253 Å². The first-order valence-corrected chi connectivity index (χ1v) is 13.7. The molecule has 1 aliphatic carbocycles. The van der Waals surface area contributed by atoms with E-state index in [0.717, 1.165) is 35.9 Å². The van der Waals surface area contributed by atoms with Gasteiger partial charge >= 0.3 is 12.1 Å². The number of halogens is 3. The molecule has 0 spiro atoms. The van der Waals surface area contributed by atoms with E-state index in [4.69, 9.17) is 15.2 Å². The number of alkyl halides is 3. The summed E-state index contributed by atoms with van der Waals surface area (Å²) in [4.78, 5) is 45.6. The molecule has 1 saturated carbocycles. The quantitative estimate of drug-likeness (QED) is 0.156. The zero-order valence-corrected chi connectivity index (χ0v) is 23.6. The minimum Gasteiger partial charge on any atom is -0.457 e. The van der Waals surface area contributed by atoms with Crippen molar-refractivity contribution in [3.05, 3.63) is 102 Å². The third-order valence-electron chi connectivity index (χ3n) is 7.08. The Morgan fingerprint density at radius 3 is 2.47 bits per heavy atom. The number of ether oxygens (including phenoxy) is 2. The summed E-state index contributed by atoms with van der Waals surface area (Å²) in [7, 11) is 0. The number of nitrogens with one attached hydrogen (secondary N) is 1. The third-order valence-corrected chi connectivity index (χ3v) is 7.08. The van der Waals surface area contributed by atoms with Crippen LogP contribution in [-0.4, -0.2) is 32.3 Å². The second kappa shape index (κ2) is 11.4. The molecular weight excluding hydrogens is 591 g/mol. The monoisotopic (exact) mass is 615 g/mol. The number of pyridine rings is 1. The summed E-state index contributed by atoms with van der Waals surface area (Å²) < 4.78 is 55.6. The molecule has 6 rings (SSSR count). The molecule has 3 N–H and O–H groups in total. The minimum atomic E-state index is -4.97. The lowest BCUT2D eigenvalue weighted by atomic mass is 10.0. The van der Waals surface area contributed by atoms with E-state index in [1.165, 1.54) is 18.5 Å². The highest BCUT2D eigenvalue weighted by atomic mass is 19.4. The molecule has 10 nitrogen and oxygen atoms in total. The average molecular weight is 616 g/mol. The van der Waals surface area contributed by atoms with Crippen LogP contribution in [0.25, 0.3) is 16.5 Å². The van der Waals surface area contributed by atoms with Gasteiger partial charge in [-0.15, -0.1) is 0 Å². The van der Waals surface area contributed by atoms with Crippen molar-refractivity contribution in [3.8, 4) is 22.9 Å². The zero-order chi connectivity index (χ0) is 31.9. The second-order valence-corrected chi connectivity index (χ2v) is 10.5. The maximum Gasteiger partial charge on any atom is 0.422 e. The third kappa shape index (κ3) is 6.32. The van der Waals surface area contributed by atoms with Gasteiger partial charge in [0.05, 0.1) is 23.3 Å². The molecule has 3 aromatic carbocycles. The van der Waals surface area contributed by atoms with Crippen molar-refractivity contribution < 1.29 is 37.0 Å². The topological polar surface area (TPSA) is 138 Å². The normalized spacial score (nSPS) is 13.0. The zero-order valence-electron chi connectivity index (χ0n) is 23.6. The molecule has 0 saturated heterocycles. The van der Waals surface area contributed by atoms with Gasteiger partial charge in [0.25, 0.3) is 0 Å². The van der Waals surface area contributed by atoms with Crippen molar-refractivity contribution in [1.82, 2.24) is 14.5 Å². The number of carbonyl (C=O) groups excluding carboxylic acids is 3. The number of imidazole rings is 1. The first-order chi connectivity index (χ1) is 21.5. The predicted octanol–water partition coefficient (Wildman–Crippen LogP) is 6.21. The minimum absolute atomic E-state index is 0.00731. The van der Waals surface area contributed by atoms with E-state index in [1.807, 2.05) is 0 Å². The fourth-order valence-electron chi connectivity index (χ4n) is 4.78. The van der Waals surface area contributed by atoms with E-state index >= 15 is 0 Å². The summed E-state index contributed by atoms with van der Waals surface area (Å²) in [5.41, 5.74) is 3.76. The number of fused-ring (bicyclic) bond motifs is 1. The number of primary amides is 1. The van der Waals surface area contributed by atoms with Gasteiger partial charge in [-0.3, -0.25) is 9.59 Å². The Balaban J connectivity index is 1.31. The van der Waals surface area contributed by atoms with Crippen molar-refractivity contribution in [3.63, 3.8) is 0 Å². The van der Waals surface area contributed by atoms with Crippen LogP contribution < -0.4 is 20.5 Å². The van der Waals surface area contributed by atoms with Crippen LogP contribution >= 0.6 is 0 Å². The van der Waals surface area contributed by atoms with Crippen LogP contribution in [0.4, 0.5) is 19.0 Å². The standard InChI is InChI=1S/C32H24F3N5O5/c1-17-15-40(16-38-17)25-12-20(29(36)41)13-26(28(25)32(33,34)35)45-31(43)24-4-2-3-19-11-21(7-8-23(19)24)44-22-9-10-37-27(14-22)39-30(42)18-5-6-18/h2-4,7-16,18H,5-6H2,1H3,(H2,36,41)(H,37,39,42). The van der Waals surface area contributed by atoms with Crippen LogP contribution in [0.1, 0.15) is 44.8 Å². The summed E-state index contributed by atoms with van der Waals surface area (Å²) in [5, 5.41) is 3.67. The molecule has 45 heavy (non-hydrogen) atoms. The van der Waals surface area contributed by atoms with Gasteiger partial charge in [-0.05, 0) is 73.0 Å². The highest BCUT2D eigenvalue weighted by Crippen LogP contribution is 2.42. The van der Waals surface area contributed by atoms with Crippen LogP contribution in [0.2, 0.25) is 0 Å². The summed E-state index contributed by atoms with van der Waals surface area (Å²) in [6, 6.07) is 14.4. The predicted molar refractivity (Wildman–Crippen MR) is 156 cm³/mol. The van der Waals surface area contributed by atoms with Crippen LogP contribution in [-0.2, 0) is 11.0 Å². The number of amides is 2. The largest absolute Gasteiger partial charge is 0.457 e. The van der Waals surface area contributed by atoms with Crippen molar-refractivity contribution in [2.75, 3.05) is 5.32 Å². The van der Waals surface area contributed by atoms with Gasteiger partial charge in [-0.25, -0.2) is 14.8 Å². The number of hydrogen-bond acceptors (Lipinski definition) is 7. The van der Waals surface area contributed by atoms with Gasteiger partial charge in [0.2, 0.25) is 11.8 Å². The first kappa shape index (κ1) is 29.4. The number of nitrogens with two attached hydrogens (primary N) is 1. The fraction of sp³-hybridized carbons (Fsp3) is 0.156. The number of nitrogens with zero attached hydrogens (tertiary/aromatic N) is 3. The number of benzene rings is 3. The molecule has 2 aromatic heterocycles. The number of hydrogen-bond donors (Lipinski definition) is 2. The van der Waals surface area contributed by atoms with E-state index in [-0.39, 0.29) is 23.0 Å². The van der Waals surface area contributed by atoms with Crippen LogP contribution in [0.15, 0.2) is 79.4 Å². The number of anilines is 1. The molecule has 1 fully saturated rings. The Morgan fingerprint density at radius 2 is 1.78 bits per heavy atom. The molecule has 2 amide bonds. The van der Waals surface area contributed by atoms with Crippen molar-refractivity contribution >= 4 is 34.4 Å². The maximum absolute atomic E-state index is 14.4. The van der Waals surface area contributed by atoms with Gasteiger partial charge in [0.15, 0.2) is 0 Å². The lowest BCUT2D eigenvalue weighted by Crippen LogP contribution is -2.19. The number of aryl methyl sites for hydroxylation is 1. The lowest BCUT2D eigenvalue weighted by Gasteiger charge is -2.19. The molecule has 1 aliphatic rings. The fourth-order valence-corrected chi connectivity index (χ4v) is 4.78. The van der Waals surface area contributed by atoms with Gasteiger partial charge in [-0.2, -0.15) is 13.2 Å². The maximum atomic E-state index is 14.4. The second-order valence-electron chi connectivity index (χ2n) is 10.5. The molecule has 2 heterocycles. The van der Waals surface area contributed by atoms with Crippen LogP contribution in [0, 0.1) is 12.8 Å². The Morgan fingerprint density at radius 1 is 1.00 bits per heavy atom. The van der Waals surface area contributed by atoms with E-state index in [1.54, 1.807) is 49.4 Å². The first-order valence-electron chi connectivity index (χ1n) is 13.7. The number of aromatic nitrogens is 3. The van der Waals surface area contributed by atoms with Crippen molar-refractivity contribution in [1.29, 1.82) is 0 Å². The highest BCUT2D eigenvalue weighted by Gasteiger charge is 2.39. The molecule has 13 heteroatoms. The van der Waals surface area contributed by atoms with Gasteiger partial charge in [0.1, 0.15) is 28.6 Å². The average Bonchev–Trinajstić information content (AvgIpc) is 3.76. The Hall–Kier alpha value is -5.72. The van der Waals surface area contributed by atoms with Crippen molar-refractivity contribution in [2.45, 2.75) is 25.9 Å². The molecule has 5 aromatic rings. The Kier molecular flexibility index (Phi) is 7.44. The molecule has 0 bridgehead atoms. The summed E-state index contributed by atoms with van der Waals surface area (Å²) in [5.74, 6) is -1.92. The highest BCUT2D eigenvalue weighted by molar-refractivity contribution is 6.06. The lowest BCUT2D eigenvalue weighted by molar-refractivity contribution is -0.138. The van der Waals surface area contributed by atoms with E-state index in [9.17, 15) is 27.6 Å². The van der Waals surface area contributed by atoms with Gasteiger partial charge in [-0.1, -0.05) is 12.1 Å². The van der Waals surface area contributed by atoms with E-state index in [2.05, 4.69) is 15.3 Å². The summed E-state index contributed by atoms with van der Waals surface area (Å²) in [6.07, 6.45) is 0.709. The van der Waals surface area contributed by atoms with Gasteiger partial charge in [0, 0.05) is 29.9 Å². The summed E-state index contributed by atoms with van der Waals surface area (Å²) >= 11 is 0. The molecule has 0 unspecified atom stereocenters. The van der Waals surface area contributed by atoms with Crippen LogP contribution in [0.3, 0.4) is 0 Å². The number of esters is 1. The Bertz CT molecular complexity index is 1980. The molecule has 0 aliphatic heterocycles. The van der Waals surface area contributed by atoms with Gasteiger partial charge < -0.3 is 25.1 Å².